The highest BCUT2D eigenvalue weighted by Gasteiger charge is 2.31. The lowest BCUT2D eigenvalue weighted by Gasteiger charge is -2.16. The smallest absolute Gasteiger partial charge is 0.0283 e. The van der Waals surface area contributed by atoms with Crippen LogP contribution < -0.4 is 5.32 Å². The summed E-state index contributed by atoms with van der Waals surface area (Å²) in [6.07, 6.45) is 1.12. The predicted octanol–water partition coefficient (Wildman–Crippen LogP) is 3.88. The van der Waals surface area contributed by atoms with E-state index in [1.165, 1.54) is 16.7 Å². The zero-order chi connectivity index (χ0) is 13.1. The molecular weight excluding hydrogens is 298 g/mol. The van der Waals surface area contributed by atoms with E-state index >= 15 is 0 Å². The number of nitrogens with one attached hydrogen (secondary N) is 1. The van der Waals surface area contributed by atoms with Crippen molar-refractivity contribution in [2.75, 3.05) is 6.54 Å². The Labute approximate surface area is 123 Å². The van der Waals surface area contributed by atoms with E-state index in [1.807, 2.05) is 0 Å². The lowest BCUT2D eigenvalue weighted by Crippen LogP contribution is -2.12. The van der Waals surface area contributed by atoms with Gasteiger partial charge in [-0.15, -0.1) is 0 Å². The lowest BCUT2D eigenvalue weighted by molar-refractivity contribution is 0.667. The summed E-state index contributed by atoms with van der Waals surface area (Å²) >= 11 is 3.49. The third-order valence-electron chi connectivity index (χ3n) is 3.79. The van der Waals surface area contributed by atoms with Gasteiger partial charge in [-0.25, -0.2) is 0 Å². The van der Waals surface area contributed by atoms with Crippen LogP contribution in [0.25, 0.3) is 0 Å². The number of benzene rings is 2. The van der Waals surface area contributed by atoms with Crippen molar-refractivity contribution in [3.8, 4) is 0 Å². The molecule has 2 unspecified atom stereocenters. The first-order valence-electron chi connectivity index (χ1n) is 6.79. The second-order valence-corrected chi connectivity index (χ2v) is 5.75. The Kier molecular flexibility index (Phi) is 4.00. The molecule has 1 fully saturated rings. The Morgan fingerprint density at radius 2 is 1.63 bits per heavy atom. The molecule has 2 aromatic rings. The van der Waals surface area contributed by atoms with E-state index in [4.69, 9.17) is 0 Å². The summed E-state index contributed by atoms with van der Waals surface area (Å²) in [4.78, 5) is 0. The zero-order valence-electron chi connectivity index (χ0n) is 10.9. The number of halogens is 1. The van der Waals surface area contributed by atoms with Gasteiger partial charge in [0.1, 0.15) is 0 Å². The number of rotatable bonds is 5. The van der Waals surface area contributed by atoms with Gasteiger partial charge in [0.25, 0.3) is 0 Å². The second-order valence-electron chi connectivity index (χ2n) is 5.19. The minimum absolute atomic E-state index is 0.594. The maximum atomic E-state index is 3.49. The summed E-state index contributed by atoms with van der Waals surface area (Å²) in [5.74, 6) is 0.594. The van der Waals surface area contributed by atoms with Gasteiger partial charge in [-0.1, -0.05) is 70.5 Å². The minimum atomic E-state index is 0.594. The molecule has 2 heteroatoms. The van der Waals surface area contributed by atoms with E-state index in [1.54, 1.807) is 0 Å². The van der Waals surface area contributed by atoms with E-state index in [9.17, 15) is 0 Å². The first-order chi connectivity index (χ1) is 9.36. The maximum Gasteiger partial charge on any atom is 0.0283 e. The van der Waals surface area contributed by atoms with Crippen LogP contribution >= 0.6 is 15.9 Å². The molecule has 0 amide bonds. The van der Waals surface area contributed by atoms with Gasteiger partial charge in [0, 0.05) is 23.8 Å². The van der Waals surface area contributed by atoms with Crippen molar-refractivity contribution in [1.29, 1.82) is 0 Å². The monoisotopic (exact) mass is 315 g/mol. The van der Waals surface area contributed by atoms with Crippen LogP contribution in [-0.4, -0.2) is 12.6 Å². The Hall–Kier alpha value is -1.12. The Balaban J connectivity index is 1.78. The fourth-order valence-corrected chi connectivity index (χ4v) is 2.94. The standard InChI is InChI=1S/C17H18BrN/c18-11-14-8-6-13(7-9-14)10-16(17-12-19-17)15-4-2-1-3-5-15/h1-9,16-17,19H,10-12H2. The molecule has 1 aliphatic heterocycles. The largest absolute Gasteiger partial charge is 0.311 e. The molecule has 2 aromatic carbocycles. The number of hydrogen-bond acceptors (Lipinski definition) is 1. The molecule has 0 aromatic heterocycles. The van der Waals surface area contributed by atoms with E-state index in [-0.39, 0.29) is 0 Å². The van der Waals surface area contributed by atoms with Gasteiger partial charge >= 0.3 is 0 Å². The molecule has 0 spiro atoms. The normalized spacial score (nSPS) is 19.1. The third-order valence-corrected chi connectivity index (χ3v) is 4.43. The molecule has 98 valence electrons. The third kappa shape index (κ3) is 3.26. The predicted molar refractivity (Wildman–Crippen MR) is 83.8 cm³/mol. The molecule has 19 heavy (non-hydrogen) atoms. The van der Waals surface area contributed by atoms with Crippen LogP contribution in [0.15, 0.2) is 54.6 Å². The average molecular weight is 316 g/mol. The molecular formula is C17H18BrN. The van der Waals surface area contributed by atoms with Crippen LogP contribution in [-0.2, 0) is 11.8 Å². The van der Waals surface area contributed by atoms with Crippen LogP contribution in [0.4, 0.5) is 0 Å². The highest BCUT2D eigenvalue weighted by atomic mass is 79.9. The summed E-state index contributed by atoms with van der Waals surface area (Å²) in [6, 6.07) is 20.5. The Morgan fingerprint density at radius 1 is 1.00 bits per heavy atom. The van der Waals surface area contributed by atoms with Gasteiger partial charge in [-0.3, -0.25) is 0 Å². The Bertz CT molecular complexity index is 517. The van der Waals surface area contributed by atoms with E-state index in [0.717, 1.165) is 18.3 Å². The van der Waals surface area contributed by atoms with Crippen molar-refractivity contribution in [2.24, 2.45) is 0 Å². The van der Waals surface area contributed by atoms with Crippen molar-refractivity contribution in [2.45, 2.75) is 23.7 Å². The van der Waals surface area contributed by atoms with Crippen LogP contribution in [0.5, 0.6) is 0 Å². The van der Waals surface area contributed by atoms with Crippen molar-refractivity contribution in [1.82, 2.24) is 5.32 Å². The van der Waals surface area contributed by atoms with E-state index in [2.05, 4.69) is 75.8 Å². The summed E-state index contributed by atoms with van der Waals surface area (Å²) in [5.41, 5.74) is 4.21. The average Bonchev–Trinajstić information content (AvgIpc) is 3.31. The topological polar surface area (TPSA) is 21.9 Å². The fourth-order valence-electron chi connectivity index (χ4n) is 2.56. The molecule has 0 radical (unpaired) electrons. The van der Waals surface area contributed by atoms with Crippen molar-refractivity contribution < 1.29 is 0 Å². The van der Waals surface area contributed by atoms with Crippen LogP contribution in [0.3, 0.4) is 0 Å². The zero-order valence-corrected chi connectivity index (χ0v) is 12.4. The summed E-state index contributed by atoms with van der Waals surface area (Å²) in [6.45, 7) is 1.15. The first-order valence-corrected chi connectivity index (χ1v) is 7.91. The van der Waals surface area contributed by atoms with Crippen LogP contribution in [0, 0.1) is 0 Å². The molecule has 1 aliphatic rings. The lowest BCUT2D eigenvalue weighted by atomic mass is 9.89. The molecule has 0 saturated carbocycles. The minimum Gasteiger partial charge on any atom is -0.311 e. The van der Waals surface area contributed by atoms with Crippen LogP contribution in [0.1, 0.15) is 22.6 Å². The summed E-state index contributed by atoms with van der Waals surface area (Å²) in [7, 11) is 0. The van der Waals surface area contributed by atoms with E-state index in [0.29, 0.717) is 12.0 Å². The van der Waals surface area contributed by atoms with Gasteiger partial charge in [-0.2, -0.15) is 0 Å². The molecule has 1 N–H and O–H groups in total. The van der Waals surface area contributed by atoms with Crippen molar-refractivity contribution >= 4 is 15.9 Å². The van der Waals surface area contributed by atoms with Gasteiger partial charge in [-0.05, 0) is 23.1 Å². The molecule has 0 aliphatic carbocycles. The number of hydrogen-bond donors (Lipinski definition) is 1. The molecule has 1 nitrogen and oxygen atoms in total. The van der Waals surface area contributed by atoms with Gasteiger partial charge in [0.2, 0.25) is 0 Å². The Morgan fingerprint density at radius 3 is 2.21 bits per heavy atom. The van der Waals surface area contributed by atoms with Crippen molar-refractivity contribution in [3.05, 3.63) is 71.3 Å². The summed E-state index contributed by atoms with van der Waals surface area (Å²) < 4.78 is 0. The van der Waals surface area contributed by atoms with Crippen molar-refractivity contribution in [3.63, 3.8) is 0 Å². The molecule has 2 atom stereocenters. The summed E-state index contributed by atoms with van der Waals surface area (Å²) in [5, 5.41) is 4.40. The number of alkyl halides is 1. The van der Waals surface area contributed by atoms with E-state index < -0.39 is 0 Å². The SMILES string of the molecule is BrCc1ccc(CC(c2ccccc2)C2CN2)cc1. The first kappa shape index (κ1) is 12.9. The highest BCUT2D eigenvalue weighted by molar-refractivity contribution is 9.08. The molecule has 1 heterocycles. The highest BCUT2D eigenvalue weighted by Crippen LogP contribution is 2.28. The fraction of sp³-hybridized carbons (Fsp3) is 0.294. The van der Waals surface area contributed by atoms with Gasteiger partial charge in [0.15, 0.2) is 0 Å². The van der Waals surface area contributed by atoms with Crippen LogP contribution in [0.2, 0.25) is 0 Å². The van der Waals surface area contributed by atoms with Gasteiger partial charge < -0.3 is 5.32 Å². The maximum absolute atomic E-state index is 3.49. The molecule has 3 rings (SSSR count). The quantitative estimate of drug-likeness (QED) is 0.656. The molecule has 1 saturated heterocycles. The van der Waals surface area contributed by atoms with Gasteiger partial charge in [0.05, 0.1) is 0 Å². The molecule has 0 bridgehead atoms. The second kappa shape index (κ2) is 5.89.